The number of alkyl halides is 3. The van der Waals surface area contributed by atoms with Gasteiger partial charge in [0.2, 0.25) is 0 Å². The molecule has 2 rings (SSSR count). The summed E-state index contributed by atoms with van der Waals surface area (Å²) in [5, 5.41) is 11.7. The molecule has 1 N–H and O–H groups in total. The van der Waals surface area contributed by atoms with Crippen molar-refractivity contribution in [3.8, 4) is 6.07 Å². The van der Waals surface area contributed by atoms with Crippen molar-refractivity contribution < 1.29 is 13.2 Å². The van der Waals surface area contributed by atoms with Crippen molar-refractivity contribution in [2.75, 3.05) is 11.9 Å². The Bertz CT molecular complexity index is 516. The Morgan fingerprint density at radius 1 is 1.37 bits per heavy atom. The van der Waals surface area contributed by atoms with E-state index in [1.807, 2.05) is 0 Å². The van der Waals surface area contributed by atoms with E-state index in [1.165, 1.54) is 6.07 Å². The molecule has 0 atom stereocenters. The van der Waals surface area contributed by atoms with Gasteiger partial charge in [0.15, 0.2) is 0 Å². The molecule has 1 aliphatic rings. The molecule has 19 heavy (non-hydrogen) atoms. The van der Waals surface area contributed by atoms with Crippen molar-refractivity contribution in [1.29, 1.82) is 5.26 Å². The van der Waals surface area contributed by atoms with Crippen LogP contribution in [0.3, 0.4) is 0 Å². The third kappa shape index (κ3) is 3.41. The number of nitrogens with zero attached hydrogens (tertiary/aromatic N) is 1. The van der Waals surface area contributed by atoms with Gasteiger partial charge in [0.05, 0.1) is 11.6 Å². The fraction of sp³-hybridized carbons (Fsp3) is 0.462. The molecule has 0 bridgehead atoms. The third-order valence-corrected chi connectivity index (χ3v) is 4.04. The number of anilines is 1. The Labute approximate surface area is 117 Å². The quantitative estimate of drug-likeness (QED) is 0.876. The zero-order chi connectivity index (χ0) is 14.1. The molecule has 1 aromatic carbocycles. The first-order chi connectivity index (χ1) is 8.86. The van der Waals surface area contributed by atoms with Gasteiger partial charge in [-0.25, -0.2) is 0 Å². The van der Waals surface area contributed by atoms with Gasteiger partial charge in [-0.1, -0.05) is 15.9 Å². The number of benzene rings is 1. The number of nitrogens with one attached hydrogen (secondary N) is 1. The lowest BCUT2D eigenvalue weighted by molar-refractivity contribution is -0.138. The van der Waals surface area contributed by atoms with Crippen LogP contribution in [-0.4, -0.2) is 6.54 Å². The number of hydrogen-bond donors (Lipinski definition) is 1. The van der Waals surface area contributed by atoms with Crippen LogP contribution < -0.4 is 5.32 Å². The summed E-state index contributed by atoms with van der Waals surface area (Å²) in [5.74, 6) is 0. The zero-order valence-electron chi connectivity index (χ0n) is 10.0. The van der Waals surface area contributed by atoms with Crippen molar-refractivity contribution >= 4 is 21.6 Å². The molecule has 0 spiro atoms. The van der Waals surface area contributed by atoms with E-state index in [9.17, 15) is 13.2 Å². The molecule has 0 radical (unpaired) electrons. The largest absolute Gasteiger partial charge is 0.417 e. The highest BCUT2D eigenvalue weighted by molar-refractivity contribution is 9.10. The summed E-state index contributed by atoms with van der Waals surface area (Å²) in [5.41, 5.74) is -0.303. The van der Waals surface area contributed by atoms with Crippen molar-refractivity contribution in [1.82, 2.24) is 0 Å². The highest BCUT2D eigenvalue weighted by Gasteiger charge is 2.42. The van der Waals surface area contributed by atoms with E-state index < -0.39 is 11.7 Å². The average molecular weight is 333 g/mol. The van der Waals surface area contributed by atoms with Crippen molar-refractivity contribution in [3.05, 3.63) is 28.2 Å². The molecule has 0 unspecified atom stereocenters. The van der Waals surface area contributed by atoms with E-state index in [-0.39, 0.29) is 9.89 Å². The van der Waals surface area contributed by atoms with Crippen LogP contribution in [0.15, 0.2) is 22.7 Å². The highest BCUT2D eigenvalue weighted by atomic mass is 79.9. The smallest absolute Gasteiger partial charge is 0.384 e. The third-order valence-electron chi connectivity index (χ3n) is 3.35. The lowest BCUT2D eigenvalue weighted by atomic mass is 10.0. The van der Waals surface area contributed by atoms with Gasteiger partial charge >= 0.3 is 6.18 Å². The van der Waals surface area contributed by atoms with Crippen LogP contribution in [-0.2, 0) is 6.18 Å². The van der Waals surface area contributed by atoms with Crippen LogP contribution in [0, 0.1) is 16.7 Å². The molecule has 0 saturated heterocycles. The van der Waals surface area contributed by atoms with E-state index in [4.69, 9.17) is 5.26 Å². The van der Waals surface area contributed by atoms with Crippen LogP contribution in [0.4, 0.5) is 18.9 Å². The minimum absolute atomic E-state index is 0.0312. The molecule has 1 aromatic rings. The summed E-state index contributed by atoms with van der Waals surface area (Å²) in [6.07, 6.45) is -2.02. The fourth-order valence-corrected chi connectivity index (χ4v) is 2.37. The van der Waals surface area contributed by atoms with Crippen LogP contribution in [0.1, 0.15) is 24.8 Å². The minimum atomic E-state index is -4.37. The average Bonchev–Trinajstić information content (AvgIpc) is 3.07. The maximum atomic E-state index is 12.7. The zero-order valence-corrected chi connectivity index (χ0v) is 11.6. The molecule has 2 nitrogen and oxygen atoms in total. The van der Waals surface area contributed by atoms with Gasteiger partial charge in [-0.2, -0.15) is 18.4 Å². The van der Waals surface area contributed by atoms with Crippen molar-refractivity contribution in [3.63, 3.8) is 0 Å². The van der Waals surface area contributed by atoms with Crippen LogP contribution in [0.5, 0.6) is 0 Å². The second-order valence-corrected chi connectivity index (χ2v) is 5.74. The molecule has 6 heteroatoms. The van der Waals surface area contributed by atoms with E-state index in [2.05, 4.69) is 27.3 Å². The summed E-state index contributed by atoms with van der Waals surface area (Å²) >= 11 is 2.90. The first kappa shape index (κ1) is 14.2. The predicted molar refractivity (Wildman–Crippen MR) is 69.5 cm³/mol. The molecular formula is C13H12BrF3N2. The van der Waals surface area contributed by atoms with E-state index >= 15 is 0 Å². The number of halogens is 4. The van der Waals surface area contributed by atoms with E-state index in [0.717, 1.165) is 18.9 Å². The molecular weight excluding hydrogens is 321 g/mol. The maximum Gasteiger partial charge on any atom is 0.417 e. The number of hydrogen-bond acceptors (Lipinski definition) is 2. The first-order valence-electron chi connectivity index (χ1n) is 5.84. The Morgan fingerprint density at radius 3 is 2.58 bits per heavy atom. The predicted octanol–water partition coefficient (Wildman–Crippen LogP) is 4.57. The van der Waals surface area contributed by atoms with Crippen LogP contribution >= 0.6 is 15.9 Å². The van der Waals surface area contributed by atoms with E-state index in [0.29, 0.717) is 18.7 Å². The van der Waals surface area contributed by atoms with Gasteiger partial charge in [0.25, 0.3) is 0 Å². The summed E-state index contributed by atoms with van der Waals surface area (Å²) in [6.45, 7) is 0.541. The Balaban J connectivity index is 2.08. The molecule has 0 aliphatic heterocycles. The minimum Gasteiger partial charge on any atom is -0.384 e. The molecule has 1 saturated carbocycles. The highest BCUT2D eigenvalue weighted by Crippen LogP contribution is 2.48. The summed E-state index contributed by atoms with van der Waals surface area (Å²) in [6, 6.07) is 6.20. The topological polar surface area (TPSA) is 35.8 Å². The van der Waals surface area contributed by atoms with Gasteiger partial charge < -0.3 is 5.32 Å². The van der Waals surface area contributed by atoms with Gasteiger partial charge in [-0.15, -0.1) is 0 Å². The number of rotatable bonds is 4. The van der Waals surface area contributed by atoms with Crippen molar-refractivity contribution in [2.45, 2.75) is 25.4 Å². The lowest BCUT2D eigenvalue weighted by Crippen LogP contribution is -2.15. The van der Waals surface area contributed by atoms with Gasteiger partial charge in [-0.05, 0) is 31.0 Å². The molecule has 0 heterocycles. The number of nitriles is 1. The van der Waals surface area contributed by atoms with Crippen LogP contribution in [0.25, 0.3) is 0 Å². The van der Waals surface area contributed by atoms with Gasteiger partial charge in [0.1, 0.15) is 0 Å². The molecule has 0 aromatic heterocycles. The lowest BCUT2D eigenvalue weighted by Gasteiger charge is -2.15. The maximum absolute atomic E-state index is 12.7. The summed E-state index contributed by atoms with van der Waals surface area (Å²) in [7, 11) is 0. The summed E-state index contributed by atoms with van der Waals surface area (Å²) < 4.78 is 38.2. The summed E-state index contributed by atoms with van der Waals surface area (Å²) in [4.78, 5) is 0. The van der Waals surface area contributed by atoms with Gasteiger partial charge in [-0.3, -0.25) is 0 Å². The molecule has 1 fully saturated rings. The molecule has 102 valence electrons. The first-order valence-corrected chi connectivity index (χ1v) is 6.63. The molecule has 0 amide bonds. The second kappa shape index (κ2) is 5.04. The molecule has 1 aliphatic carbocycles. The van der Waals surface area contributed by atoms with Gasteiger partial charge in [0, 0.05) is 28.5 Å². The second-order valence-electron chi connectivity index (χ2n) is 4.88. The van der Waals surface area contributed by atoms with Crippen LogP contribution in [0.2, 0.25) is 0 Å². The Hall–Kier alpha value is -1.22. The normalized spacial score (nSPS) is 16.8. The Morgan fingerprint density at radius 2 is 2.05 bits per heavy atom. The fourth-order valence-electron chi connectivity index (χ4n) is 1.90. The standard InChI is InChI=1S/C13H12BrF3N2/c14-11-2-1-9(7-10(11)13(15,16)17)19-8-12(3-4-12)5-6-18/h1-2,7,19H,3-5,8H2. The monoisotopic (exact) mass is 332 g/mol. The van der Waals surface area contributed by atoms with E-state index in [1.54, 1.807) is 6.07 Å². The Kier molecular flexibility index (Phi) is 3.77. The van der Waals surface area contributed by atoms with Crippen molar-refractivity contribution in [2.24, 2.45) is 5.41 Å². The SMILES string of the molecule is N#CCC1(CNc2ccc(Br)c(C(F)(F)F)c2)CC1.